The molecule has 0 aliphatic rings. The number of carbonyl (C=O) groups excluding carboxylic acids is 1. The molecule has 3 rings (SSSR count). The van der Waals surface area contributed by atoms with Crippen molar-refractivity contribution < 1.29 is 9.53 Å². The molecule has 0 bridgehead atoms. The molecule has 130 valence electrons. The van der Waals surface area contributed by atoms with Crippen molar-refractivity contribution in [1.82, 2.24) is 9.61 Å². The molecule has 0 atom stereocenters. The van der Waals surface area contributed by atoms with Gasteiger partial charge in [0, 0.05) is 15.6 Å². The lowest BCUT2D eigenvalue weighted by Crippen LogP contribution is -2.11. The predicted octanol–water partition coefficient (Wildman–Crippen LogP) is 5.53. The Hall–Kier alpha value is -2.04. The molecule has 0 aliphatic heterocycles. The molecular weight excluding hydrogens is 359 g/mol. The van der Waals surface area contributed by atoms with Gasteiger partial charge in [-0.15, -0.1) is 0 Å². The van der Waals surface area contributed by atoms with Gasteiger partial charge in [-0.25, -0.2) is 9.31 Å². The van der Waals surface area contributed by atoms with Gasteiger partial charge in [0.1, 0.15) is 0 Å². The van der Waals surface area contributed by atoms with Crippen LogP contribution in [0.5, 0.6) is 0 Å². The third-order valence-corrected chi connectivity index (χ3v) is 4.59. The second kappa shape index (κ2) is 6.70. The van der Waals surface area contributed by atoms with Crippen molar-refractivity contribution in [2.24, 2.45) is 0 Å². The number of fused-ring (bicyclic) bond motifs is 1. The van der Waals surface area contributed by atoms with E-state index in [4.69, 9.17) is 27.9 Å². The Morgan fingerprint density at radius 3 is 2.36 bits per heavy atom. The summed E-state index contributed by atoms with van der Waals surface area (Å²) in [6, 6.07) is 7.43. The fraction of sp³-hybridized carbons (Fsp3) is 0.263. The van der Waals surface area contributed by atoms with Gasteiger partial charge in [0.05, 0.1) is 30.1 Å². The van der Waals surface area contributed by atoms with Crippen LogP contribution in [0.15, 0.2) is 30.5 Å². The molecule has 0 radical (unpaired) electrons. The molecule has 0 amide bonds. The highest BCUT2D eigenvalue weighted by molar-refractivity contribution is 6.35. The maximum Gasteiger partial charge on any atom is 0.339 e. The largest absolute Gasteiger partial charge is 0.465 e. The first-order chi connectivity index (χ1) is 11.8. The Morgan fingerprint density at radius 2 is 1.80 bits per heavy atom. The molecule has 0 saturated carbocycles. The van der Waals surface area contributed by atoms with E-state index >= 15 is 0 Å². The molecular formula is C19H18Cl2N2O2. The summed E-state index contributed by atoms with van der Waals surface area (Å²) >= 11 is 12.3. The van der Waals surface area contributed by atoms with Crippen LogP contribution in [0.3, 0.4) is 0 Å². The van der Waals surface area contributed by atoms with Gasteiger partial charge in [-0.05, 0) is 48.2 Å². The second-order valence-electron chi connectivity index (χ2n) is 6.25. The first-order valence-corrected chi connectivity index (χ1v) is 8.65. The van der Waals surface area contributed by atoms with E-state index in [1.54, 1.807) is 12.3 Å². The van der Waals surface area contributed by atoms with Crippen molar-refractivity contribution in [1.29, 1.82) is 0 Å². The van der Waals surface area contributed by atoms with Crippen molar-refractivity contribution in [3.63, 3.8) is 0 Å². The molecule has 3 aromatic rings. The van der Waals surface area contributed by atoms with Crippen molar-refractivity contribution in [3.8, 4) is 11.3 Å². The Bertz CT molecular complexity index is 957. The number of aromatic nitrogens is 2. The van der Waals surface area contributed by atoms with Crippen LogP contribution in [0, 0.1) is 6.92 Å². The molecule has 0 N–H and O–H groups in total. The van der Waals surface area contributed by atoms with Crippen LogP contribution in [0.1, 0.15) is 41.3 Å². The van der Waals surface area contributed by atoms with Gasteiger partial charge >= 0.3 is 5.97 Å². The van der Waals surface area contributed by atoms with Gasteiger partial charge in [-0.1, -0.05) is 37.0 Å². The van der Waals surface area contributed by atoms with Crippen LogP contribution < -0.4 is 0 Å². The lowest BCUT2D eigenvalue weighted by Gasteiger charge is -2.14. The van der Waals surface area contributed by atoms with E-state index in [1.807, 2.05) is 43.5 Å². The maximum atomic E-state index is 12.1. The van der Waals surface area contributed by atoms with Crippen molar-refractivity contribution in [2.75, 3.05) is 7.11 Å². The van der Waals surface area contributed by atoms with E-state index in [9.17, 15) is 4.79 Å². The minimum Gasteiger partial charge on any atom is -0.465 e. The fourth-order valence-corrected chi connectivity index (χ4v) is 3.70. The number of hydrogen-bond donors (Lipinski definition) is 0. The van der Waals surface area contributed by atoms with Crippen LogP contribution in [-0.2, 0) is 4.74 Å². The van der Waals surface area contributed by atoms with Gasteiger partial charge in [0.2, 0.25) is 0 Å². The standard InChI is InChI=1S/C19H18Cl2N2O2/c1-10(2)17-15(19(24)25-4)9-22-23-16(17)5-11(3)18(23)12-6-13(20)8-14(21)7-12/h5-10H,1-4H3. The zero-order valence-corrected chi connectivity index (χ0v) is 15.9. The minimum atomic E-state index is -0.384. The van der Waals surface area contributed by atoms with E-state index in [0.717, 1.165) is 27.9 Å². The number of rotatable bonds is 3. The average Bonchev–Trinajstić information content (AvgIpc) is 2.87. The number of ether oxygens (including phenoxy) is 1. The highest BCUT2D eigenvalue weighted by Crippen LogP contribution is 2.34. The molecule has 0 unspecified atom stereocenters. The first-order valence-electron chi connectivity index (χ1n) is 7.89. The van der Waals surface area contributed by atoms with E-state index in [0.29, 0.717) is 15.6 Å². The lowest BCUT2D eigenvalue weighted by atomic mass is 9.98. The number of hydrogen-bond acceptors (Lipinski definition) is 3. The SMILES string of the molecule is COC(=O)c1cnn2c(-c3cc(Cl)cc(Cl)c3)c(C)cc2c1C(C)C. The zero-order chi connectivity index (χ0) is 18.3. The molecule has 2 aromatic heterocycles. The summed E-state index contributed by atoms with van der Waals surface area (Å²) in [6.07, 6.45) is 1.56. The van der Waals surface area contributed by atoms with Gasteiger partial charge in [0.15, 0.2) is 0 Å². The summed E-state index contributed by atoms with van der Waals surface area (Å²) in [6.45, 7) is 6.08. The number of esters is 1. The van der Waals surface area contributed by atoms with Crippen LogP contribution in [0.4, 0.5) is 0 Å². The number of methoxy groups -OCH3 is 1. The first kappa shape index (κ1) is 17.8. The van der Waals surface area contributed by atoms with Crippen molar-refractivity contribution >= 4 is 34.7 Å². The Labute approximate surface area is 156 Å². The zero-order valence-electron chi connectivity index (χ0n) is 14.4. The fourth-order valence-electron chi connectivity index (χ4n) is 3.18. The van der Waals surface area contributed by atoms with Crippen LogP contribution in [0.25, 0.3) is 16.8 Å². The van der Waals surface area contributed by atoms with Crippen LogP contribution in [0.2, 0.25) is 10.0 Å². The number of benzene rings is 1. The molecule has 0 saturated heterocycles. The highest BCUT2D eigenvalue weighted by Gasteiger charge is 2.22. The lowest BCUT2D eigenvalue weighted by molar-refractivity contribution is 0.0598. The number of aryl methyl sites for hydroxylation is 1. The Kier molecular flexibility index (Phi) is 4.76. The van der Waals surface area contributed by atoms with Gasteiger partial charge in [-0.3, -0.25) is 0 Å². The molecule has 6 heteroatoms. The molecule has 0 spiro atoms. The van der Waals surface area contributed by atoms with E-state index < -0.39 is 0 Å². The highest BCUT2D eigenvalue weighted by atomic mass is 35.5. The van der Waals surface area contributed by atoms with Crippen LogP contribution >= 0.6 is 23.2 Å². The third-order valence-electron chi connectivity index (χ3n) is 4.15. The molecule has 0 fully saturated rings. The Balaban J connectivity index is 2.35. The van der Waals surface area contributed by atoms with Crippen LogP contribution in [-0.4, -0.2) is 22.7 Å². The topological polar surface area (TPSA) is 43.6 Å². The number of nitrogens with zero attached hydrogens (tertiary/aromatic N) is 2. The van der Waals surface area contributed by atoms with Gasteiger partial charge < -0.3 is 4.74 Å². The maximum absolute atomic E-state index is 12.1. The normalized spacial score (nSPS) is 11.3. The summed E-state index contributed by atoms with van der Waals surface area (Å²) in [4.78, 5) is 12.1. The summed E-state index contributed by atoms with van der Waals surface area (Å²) in [7, 11) is 1.37. The number of carbonyl (C=O) groups is 1. The van der Waals surface area contributed by atoms with Crippen molar-refractivity contribution in [3.05, 3.63) is 57.2 Å². The minimum absolute atomic E-state index is 0.129. The van der Waals surface area contributed by atoms with Crippen molar-refractivity contribution in [2.45, 2.75) is 26.7 Å². The summed E-state index contributed by atoms with van der Waals surface area (Å²) < 4.78 is 6.74. The second-order valence-corrected chi connectivity index (χ2v) is 7.12. The number of halogens is 2. The van der Waals surface area contributed by atoms with E-state index in [1.165, 1.54) is 7.11 Å². The van der Waals surface area contributed by atoms with Gasteiger partial charge in [0.25, 0.3) is 0 Å². The summed E-state index contributed by atoms with van der Waals surface area (Å²) in [5.41, 5.74) is 5.07. The third kappa shape index (κ3) is 3.12. The predicted molar refractivity (Wildman–Crippen MR) is 101 cm³/mol. The van der Waals surface area contributed by atoms with E-state index in [2.05, 4.69) is 5.10 Å². The molecule has 0 aliphatic carbocycles. The molecule has 4 nitrogen and oxygen atoms in total. The summed E-state index contributed by atoms with van der Waals surface area (Å²) in [5.74, 6) is -0.255. The Morgan fingerprint density at radius 1 is 1.16 bits per heavy atom. The smallest absolute Gasteiger partial charge is 0.339 e. The monoisotopic (exact) mass is 376 g/mol. The molecule has 2 heterocycles. The molecule has 25 heavy (non-hydrogen) atoms. The average molecular weight is 377 g/mol. The molecule has 1 aromatic carbocycles. The summed E-state index contributed by atoms with van der Waals surface area (Å²) in [5, 5.41) is 5.60. The quantitative estimate of drug-likeness (QED) is 0.564. The van der Waals surface area contributed by atoms with Gasteiger partial charge in [-0.2, -0.15) is 5.10 Å². The van der Waals surface area contributed by atoms with E-state index in [-0.39, 0.29) is 11.9 Å².